The van der Waals surface area contributed by atoms with Gasteiger partial charge >= 0.3 is 11.9 Å². The molecule has 2 aromatic carbocycles. The molecule has 3 fully saturated rings. The number of hydrogen-bond acceptors (Lipinski definition) is 12. The Bertz CT molecular complexity index is 2560. The van der Waals surface area contributed by atoms with Gasteiger partial charge in [0.15, 0.2) is 5.60 Å². The number of piperidine rings is 1. The molecule has 1 unspecified atom stereocenters. The molecule has 11 atom stereocenters. The topological polar surface area (TPSA) is 177 Å². The lowest BCUT2D eigenvalue weighted by Gasteiger charge is -2.68. The molecule has 1 aromatic heterocycles. The third-order valence-corrected chi connectivity index (χ3v) is 19.1. The first-order valence-corrected chi connectivity index (χ1v) is 27.3. The SMILES string of the molecule is CCCCCCCCOC(=O)[C@H](CC(C)C)NC(=O)[C@@]1(O)[C@H](O)[C@]2(CC)C=CCN3CC[C@@]4(c5cc([C@@]6(C(=O)OC)C[C@H]7CN(CCc8c6[nH]c6ccccc86)C[C@](O)(CC)C7)c(OC)cc5N(C)[C@@]14C)[C@@H]32. The summed E-state index contributed by atoms with van der Waals surface area (Å²) in [5.74, 6) is -1.53. The van der Waals surface area contributed by atoms with E-state index in [0.29, 0.717) is 88.2 Å². The number of aromatic amines is 1. The zero-order valence-electron chi connectivity index (χ0n) is 44.6. The molecule has 1 aliphatic carbocycles. The minimum atomic E-state index is -2.51. The maximum Gasteiger partial charge on any atom is 0.328 e. The van der Waals surface area contributed by atoms with E-state index in [1.807, 2.05) is 76.9 Å². The molecule has 0 radical (unpaired) electrons. The van der Waals surface area contributed by atoms with Crippen molar-refractivity contribution < 1.29 is 43.9 Å². The van der Waals surface area contributed by atoms with Crippen LogP contribution in [0.2, 0.25) is 0 Å². The van der Waals surface area contributed by atoms with Crippen molar-refractivity contribution in [3.05, 3.63) is 70.9 Å². The van der Waals surface area contributed by atoms with Crippen molar-refractivity contribution in [2.45, 2.75) is 171 Å². The van der Waals surface area contributed by atoms with Crippen LogP contribution in [0, 0.1) is 17.3 Å². The van der Waals surface area contributed by atoms with Crippen LogP contribution >= 0.6 is 0 Å². The molecule has 1 spiro atoms. The predicted molar refractivity (Wildman–Crippen MR) is 279 cm³/mol. The van der Waals surface area contributed by atoms with Gasteiger partial charge in [-0.1, -0.05) is 97.1 Å². The van der Waals surface area contributed by atoms with E-state index in [9.17, 15) is 20.1 Å². The summed E-state index contributed by atoms with van der Waals surface area (Å²) >= 11 is 0. The molecule has 1 saturated carbocycles. The van der Waals surface area contributed by atoms with Crippen LogP contribution in [-0.4, -0.2) is 143 Å². The maximum absolute atomic E-state index is 15.8. The van der Waals surface area contributed by atoms with E-state index in [4.69, 9.17) is 14.2 Å². The fraction of sp³-hybridized carbons (Fsp3) is 0.672. The number of anilines is 1. The van der Waals surface area contributed by atoms with Gasteiger partial charge in [-0.25, -0.2) is 4.79 Å². The summed E-state index contributed by atoms with van der Waals surface area (Å²) in [5.41, 5.74) is -3.82. The number of amides is 1. The first kappa shape index (κ1) is 52.4. The zero-order chi connectivity index (χ0) is 51.6. The van der Waals surface area contributed by atoms with Crippen molar-refractivity contribution in [3.63, 3.8) is 0 Å². The highest BCUT2D eigenvalue weighted by molar-refractivity contribution is 5.97. The van der Waals surface area contributed by atoms with Crippen LogP contribution in [0.4, 0.5) is 5.69 Å². The van der Waals surface area contributed by atoms with Crippen LogP contribution in [0.1, 0.15) is 141 Å². The highest BCUT2D eigenvalue weighted by Gasteiger charge is 2.84. The number of fused-ring (bicyclic) bond motifs is 6. The lowest BCUT2D eigenvalue weighted by Crippen LogP contribution is -2.87. The number of carbonyl (C=O) groups is 3. The van der Waals surface area contributed by atoms with Gasteiger partial charge in [-0.3, -0.25) is 19.4 Å². The van der Waals surface area contributed by atoms with Crippen LogP contribution in [0.5, 0.6) is 5.75 Å². The summed E-state index contributed by atoms with van der Waals surface area (Å²) in [6, 6.07) is 10.8. The van der Waals surface area contributed by atoms with Crippen molar-refractivity contribution in [3.8, 4) is 5.75 Å². The molecule has 72 heavy (non-hydrogen) atoms. The maximum atomic E-state index is 15.8. The van der Waals surface area contributed by atoms with Gasteiger partial charge < -0.3 is 44.7 Å². The second kappa shape index (κ2) is 19.7. The molecule has 6 heterocycles. The number of aliphatic hydroxyl groups excluding tert-OH is 1. The Kier molecular flexibility index (Phi) is 14.3. The molecule has 1 amide bonds. The Morgan fingerprint density at radius 2 is 1.71 bits per heavy atom. The van der Waals surface area contributed by atoms with E-state index < -0.39 is 69.0 Å². The van der Waals surface area contributed by atoms with Crippen LogP contribution in [0.15, 0.2) is 48.6 Å². The second-order valence-electron chi connectivity index (χ2n) is 23.2. The number of benzene rings is 2. The van der Waals surface area contributed by atoms with Gasteiger partial charge in [-0.05, 0) is 99.9 Å². The summed E-state index contributed by atoms with van der Waals surface area (Å²) in [4.78, 5) is 55.9. The summed E-state index contributed by atoms with van der Waals surface area (Å²) in [7, 11) is 4.93. The summed E-state index contributed by atoms with van der Waals surface area (Å²) < 4.78 is 18.4. The zero-order valence-corrected chi connectivity index (χ0v) is 44.6. The summed E-state index contributed by atoms with van der Waals surface area (Å²) in [6.07, 6.45) is 11.8. The third kappa shape index (κ3) is 7.68. The number of H-pyrrole nitrogens is 1. The molecule has 5 N–H and O–H groups in total. The molecule has 2 saturated heterocycles. The number of aliphatic hydroxyl groups is 3. The van der Waals surface area contributed by atoms with Crippen LogP contribution in [0.3, 0.4) is 0 Å². The van der Waals surface area contributed by atoms with E-state index in [1.54, 1.807) is 7.11 Å². The lowest BCUT2D eigenvalue weighted by atomic mass is 9.42. The fourth-order valence-corrected chi connectivity index (χ4v) is 15.6. The van der Waals surface area contributed by atoms with Gasteiger partial charge in [0.05, 0.1) is 32.0 Å². The Morgan fingerprint density at radius 3 is 2.42 bits per heavy atom. The van der Waals surface area contributed by atoms with E-state index in [-0.39, 0.29) is 24.9 Å². The molecule has 6 aliphatic rings. The van der Waals surface area contributed by atoms with E-state index >= 15 is 9.59 Å². The molecule has 9 rings (SSSR count). The van der Waals surface area contributed by atoms with Gasteiger partial charge in [-0.15, -0.1) is 0 Å². The molecule has 394 valence electrons. The third-order valence-electron chi connectivity index (χ3n) is 19.1. The molecule has 3 aromatic rings. The fourth-order valence-electron chi connectivity index (χ4n) is 15.6. The number of rotatable bonds is 17. The largest absolute Gasteiger partial charge is 0.496 e. The Hall–Kier alpha value is -4.47. The van der Waals surface area contributed by atoms with E-state index in [2.05, 4.69) is 45.2 Å². The predicted octanol–water partition coefficient (Wildman–Crippen LogP) is 7.07. The minimum Gasteiger partial charge on any atom is -0.496 e. The molecule has 2 bridgehead atoms. The number of para-hydroxylation sites is 1. The van der Waals surface area contributed by atoms with Gasteiger partial charge in [-0.2, -0.15) is 0 Å². The Morgan fingerprint density at radius 1 is 0.958 bits per heavy atom. The molecule has 5 aliphatic heterocycles. The molecular formula is C58H83N5O9. The van der Waals surface area contributed by atoms with Gasteiger partial charge in [0, 0.05) is 84.0 Å². The van der Waals surface area contributed by atoms with Crippen molar-refractivity contribution in [2.24, 2.45) is 17.3 Å². The van der Waals surface area contributed by atoms with Crippen LogP contribution < -0.4 is 15.0 Å². The quantitative estimate of drug-likeness (QED) is 0.0529. The lowest BCUT2D eigenvalue weighted by molar-refractivity contribution is -0.224. The van der Waals surface area contributed by atoms with Gasteiger partial charge in [0.2, 0.25) is 0 Å². The van der Waals surface area contributed by atoms with Gasteiger partial charge in [0.1, 0.15) is 23.3 Å². The van der Waals surface area contributed by atoms with E-state index in [0.717, 1.165) is 59.8 Å². The number of ether oxygens (including phenoxy) is 3. The first-order valence-electron chi connectivity index (χ1n) is 27.3. The van der Waals surface area contributed by atoms with Crippen LogP contribution in [0.25, 0.3) is 10.9 Å². The number of aromatic nitrogens is 1. The monoisotopic (exact) mass is 994 g/mol. The number of unbranched alkanes of at least 4 members (excludes halogenated alkanes) is 5. The average molecular weight is 994 g/mol. The minimum absolute atomic E-state index is 0.00461. The van der Waals surface area contributed by atoms with E-state index in [1.165, 1.54) is 13.5 Å². The average Bonchev–Trinajstić information content (AvgIpc) is 4.02. The van der Waals surface area contributed by atoms with Crippen molar-refractivity contribution >= 4 is 34.4 Å². The number of carbonyl (C=O) groups excluding carboxylic acids is 3. The molecular weight excluding hydrogens is 911 g/mol. The molecule has 14 nitrogen and oxygen atoms in total. The smallest absolute Gasteiger partial charge is 0.328 e. The normalized spacial score (nSPS) is 34.0. The van der Waals surface area contributed by atoms with Crippen LogP contribution in [-0.2, 0) is 41.1 Å². The number of hydrogen-bond donors (Lipinski definition) is 5. The standard InChI is InChI=1S/C58H83N5O9/c1-10-13-14-15-16-19-29-72-48(64)44(30-37(4)5)60-51(66)58(69)50(65)55(12-3)24-20-26-63-28-25-57(49(55)63)41-31-42(46(70-8)32-45(41)61(7)53(57,58)6)56(52(67)71-9)34-38-33-54(68,11-2)36-62(35-38)27-23-40-39-21-17-18-22-43(39)59-47(40)56/h17-18,20-22,24,31-32,37-38,44,49-50,59,65,68-69H,10-16,19,23,25-30,33-36H2,1-9H3,(H,60,66)/t38-,44-,49-,50+,53+,54-,55+,56-,57+,58-/m0/s1. The highest BCUT2D eigenvalue weighted by Crippen LogP contribution is 2.71. The second-order valence-corrected chi connectivity index (χ2v) is 23.2. The highest BCUT2D eigenvalue weighted by atomic mass is 16.5. The Labute approximate surface area is 427 Å². The van der Waals surface area contributed by atoms with Crippen molar-refractivity contribution in [2.75, 3.05) is 65.5 Å². The number of likely N-dealkylation sites (N-methyl/N-ethyl adjacent to an activating group) is 1. The van der Waals surface area contributed by atoms with Crippen molar-refractivity contribution in [1.29, 1.82) is 0 Å². The summed E-state index contributed by atoms with van der Waals surface area (Å²) in [6.45, 7) is 15.5. The number of nitrogens with one attached hydrogen (secondary N) is 2. The number of methoxy groups -OCH3 is 2. The summed E-state index contributed by atoms with van der Waals surface area (Å²) in [5, 5.41) is 43.5. The number of esters is 2. The molecule has 14 heteroatoms. The van der Waals surface area contributed by atoms with Gasteiger partial charge in [0.25, 0.3) is 5.91 Å². The van der Waals surface area contributed by atoms with Crippen molar-refractivity contribution in [1.82, 2.24) is 20.1 Å². The number of nitrogens with zero attached hydrogens (tertiary/aromatic N) is 3. The first-order chi connectivity index (χ1) is 34.4. The Balaban J connectivity index is 1.24.